The standard InChI is InChI=1S/C14H22N2/c1-10-4-6-16(7-5-10)14-11(2)8-13(15)9-12(14)3/h8-10H,4-7,15H2,1-3H3. The Morgan fingerprint density at radius 3 is 2.12 bits per heavy atom. The predicted molar refractivity (Wildman–Crippen MR) is 70.9 cm³/mol. The van der Waals surface area contributed by atoms with Gasteiger partial charge in [-0.25, -0.2) is 0 Å². The van der Waals surface area contributed by atoms with Crippen LogP contribution in [0, 0.1) is 19.8 Å². The number of aryl methyl sites for hydroxylation is 2. The second-order valence-corrected chi connectivity index (χ2v) is 5.17. The van der Waals surface area contributed by atoms with Gasteiger partial charge < -0.3 is 10.6 Å². The third-order valence-electron chi connectivity index (χ3n) is 3.61. The van der Waals surface area contributed by atoms with Crippen LogP contribution in [0.25, 0.3) is 0 Å². The van der Waals surface area contributed by atoms with Gasteiger partial charge >= 0.3 is 0 Å². The highest BCUT2D eigenvalue weighted by Crippen LogP contribution is 2.30. The molecule has 1 saturated heterocycles. The maximum absolute atomic E-state index is 5.86. The van der Waals surface area contributed by atoms with E-state index in [0.29, 0.717) is 0 Å². The maximum Gasteiger partial charge on any atom is 0.0427 e. The lowest BCUT2D eigenvalue weighted by Crippen LogP contribution is -2.33. The third-order valence-corrected chi connectivity index (χ3v) is 3.61. The zero-order valence-corrected chi connectivity index (χ0v) is 10.6. The molecule has 16 heavy (non-hydrogen) atoms. The molecule has 1 aliphatic heterocycles. The topological polar surface area (TPSA) is 29.3 Å². The molecule has 0 bridgehead atoms. The predicted octanol–water partition coefficient (Wildman–Crippen LogP) is 3.12. The van der Waals surface area contributed by atoms with Gasteiger partial charge in [0.1, 0.15) is 0 Å². The van der Waals surface area contributed by atoms with Crippen LogP contribution in [0.15, 0.2) is 12.1 Å². The van der Waals surface area contributed by atoms with Crippen molar-refractivity contribution in [1.82, 2.24) is 0 Å². The minimum Gasteiger partial charge on any atom is -0.399 e. The highest BCUT2D eigenvalue weighted by atomic mass is 15.1. The van der Waals surface area contributed by atoms with Crippen molar-refractivity contribution >= 4 is 11.4 Å². The molecule has 0 spiro atoms. The van der Waals surface area contributed by atoms with Gasteiger partial charge in [0.2, 0.25) is 0 Å². The Balaban J connectivity index is 2.26. The van der Waals surface area contributed by atoms with E-state index in [-0.39, 0.29) is 0 Å². The van der Waals surface area contributed by atoms with Gasteiger partial charge in [0.05, 0.1) is 0 Å². The number of piperidine rings is 1. The van der Waals surface area contributed by atoms with Crippen LogP contribution in [-0.4, -0.2) is 13.1 Å². The number of nitrogen functional groups attached to an aromatic ring is 1. The molecule has 1 aromatic rings. The van der Waals surface area contributed by atoms with E-state index >= 15 is 0 Å². The molecule has 2 N–H and O–H groups in total. The average Bonchev–Trinajstić information content (AvgIpc) is 2.19. The van der Waals surface area contributed by atoms with Crippen LogP contribution in [-0.2, 0) is 0 Å². The molecule has 1 fully saturated rings. The third kappa shape index (κ3) is 2.16. The largest absolute Gasteiger partial charge is 0.399 e. The second kappa shape index (κ2) is 4.36. The molecule has 0 radical (unpaired) electrons. The molecule has 0 unspecified atom stereocenters. The van der Waals surface area contributed by atoms with Gasteiger partial charge in [-0.2, -0.15) is 0 Å². The highest BCUT2D eigenvalue weighted by Gasteiger charge is 2.18. The number of rotatable bonds is 1. The van der Waals surface area contributed by atoms with Crippen molar-refractivity contribution < 1.29 is 0 Å². The summed E-state index contributed by atoms with van der Waals surface area (Å²) >= 11 is 0. The van der Waals surface area contributed by atoms with Crippen LogP contribution in [0.5, 0.6) is 0 Å². The lowest BCUT2D eigenvalue weighted by atomic mass is 9.97. The summed E-state index contributed by atoms with van der Waals surface area (Å²) in [6.45, 7) is 9.05. The quantitative estimate of drug-likeness (QED) is 0.734. The number of hydrogen-bond acceptors (Lipinski definition) is 2. The summed E-state index contributed by atoms with van der Waals surface area (Å²) in [4.78, 5) is 2.52. The number of benzene rings is 1. The minimum absolute atomic E-state index is 0.879. The van der Waals surface area contributed by atoms with Gasteiger partial charge in [-0.1, -0.05) is 6.92 Å². The molecular formula is C14H22N2. The van der Waals surface area contributed by atoms with Crippen molar-refractivity contribution in [2.75, 3.05) is 23.7 Å². The van der Waals surface area contributed by atoms with E-state index < -0.39 is 0 Å². The van der Waals surface area contributed by atoms with E-state index in [2.05, 4.69) is 37.8 Å². The molecule has 1 aliphatic rings. The molecular weight excluding hydrogens is 196 g/mol. The van der Waals surface area contributed by atoms with Crippen molar-refractivity contribution in [2.24, 2.45) is 5.92 Å². The Morgan fingerprint density at radius 2 is 1.62 bits per heavy atom. The molecule has 1 aromatic carbocycles. The molecule has 0 aliphatic carbocycles. The first kappa shape index (κ1) is 11.3. The lowest BCUT2D eigenvalue weighted by molar-refractivity contribution is 0.438. The normalized spacial score (nSPS) is 17.8. The molecule has 0 atom stereocenters. The molecule has 0 aromatic heterocycles. The van der Waals surface area contributed by atoms with Gasteiger partial charge in [-0.3, -0.25) is 0 Å². The highest BCUT2D eigenvalue weighted by molar-refractivity contribution is 5.64. The van der Waals surface area contributed by atoms with Crippen molar-refractivity contribution in [2.45, 2.75) is 33.6 Å². The van der Waals surface area contributed by atoms with Gasteiger partial charge in [0.15, 0.2) is 0 Å². The average molecular weight is 218 g/mol. The first-order valence-corrected chi connectivity index (χ1v) is 6.19. The summed E-state index contributed by atoms with van der Waals surface area (Å²) in [6, 6.07) is 4.17. The summed E-state index contributed by atoms with van der Waals surface area (Å²) in [5.41, 5.74) is 10.8. The van der Waals surface area contributed by atoms with Crippen molar-refractivity contribution in [3.8, 4) is 0 Å². The van der Waals surface area contributed by atoms with Gasteiger partial charge in [0.25, 0.3) is 0 Å². The van der Waals surface area contributed by atoms with E-state index in [9.17, 15) is 0 Å². The monoisotopic (exact) mass is 218 g/mol. The fourth-order valence-electron chi connectivity index (χ4n) is 2.72. The number of hydrogen-bond donors (Lipinski definition) is 1. The van der Waals surface area contributed by atoms with E-state index in [1.165, 1.54) is 42.7 Å². The Morgan fingerprint density at radius 1 is 1.12 bits per heavy atom. The number of nitrogens with zero attached hydrogens (tertiary/aromatic N) is 1. The maximum atomic E-state index is 5.86. The van der Waals surface area contributed by atoms with Crippen molar-refractivity contribution in [3.05, 3.63) is 23.3 Å². The molecule has 1 heterocycles. The fourth-order valence-corrected chi connectivity index (χ4v) is 2.72. The Kier molecular flexibility index (Phi) is 3.08. The van der Waals surface area contributed by atoms with Gasteiger partial charge in [0, 0.05) is 24.5 Å². The van der Waals surface area contributed by atoms with E-state index in [1.54, 1.807) is 0 Å². The molecule has 2 rings (SSSR count). The first-order valence-electron chi connectivity index (χ1n) is 6.19. The Labute approximate surface area is 98.4 Å². The zero-order chi connectivity index (χ0) is 11.7. The van der Waals surface area contributed by atoms with Crippen LogP contribution in [0.4, 0.5) is 11.4 Å². The molecule has 0 amide bonds. The Hall–Kier alpha value is -1.18. The van der Waals surface area contributed by atoms with Crippen LogP contribution >= 0.6 is 0 Å². The van der Waals surface area contributed by atoms with Crippen LogP contribution in [0.3, 0.4) is 0 Å². The molecule has 2 nitrogen and oxygen atoms in total. The molecule has 2 heteroatoms. The molecule has 88 valence electrons. The SMILES string of the molecule is Cc1cc(N)cc(C)c1N1CCC(C)CC1. The number of anilines is 2. The molecule has 0 saturated carbocycles. The summed E-state index contributed by atoms with van der Waals surface area (Å²) in [7, 11) is 0. The van der Waals surface area contributed by atoms with Gasteiger partial charge in [-0.05, 0) is 55.9 Å². The zero-order valence-electron chi connectivity index (χ0n) is 10.6. The first-order chi connectivity index (χ1) is 7.58. The number of nitrogens with two attached hydrogens (primary N) is 1. The smallest absolute Gasteiger partial charge is 0.0427 e. The van der Waals surface area contributed by atoms with Gasteiger partial charge in [-0.15, -0.1) is 0 Å². The van der Waals surface area contributed by atoms with E-state index in [0.717, 1.165) is 11.6 Å². The summed E-state index contributed by atoms with van der Waals surface area (Å²) in [5.74, 6) is 0.880. The van der Waals surface area contributed by atoms with Crippen molar-refractivity contribution in [3.63, 3.8) is 0 Å². The van der Waals surface area contributed by atoms with Crippen LogP contribution in [0.1, 0.15) is 30.9 Å². The minimum atomic E-state index is 0.879. The van der Waals surface area contributed by atoms with E-state index in [4.69, 9.17) is 5.73 Å². The summed E-state index contributed by atoms with van der Waals surface area (Å²) < 4.78 is 0. The second-order valence-electron chi connectivity index (χ2n) is 5.17. The van der Waals surface area contributed by atoms with Crippen LogP contribution in [0.2, 0.25) is 0 Å². The van der Waals surface area contributed by atoms with Crippen LogP contribution < -0.4 is 10.6 Å². The fraction of sp³-hybridized carbons (Fsp3) is 0.571. The Bertz CT molecular complexity index is 353. The van der Waals surface area contributed by atoms with E-state index in [1.807, 2.05) is 0 Å². The lowest BCUT2D eigenvalue weighted by Gasteiger charge is -2.34. The summed E-state index contributed by atoms with van der Waals surface area (Å²) in [6.07, 6.45) is 2.62. The summed E-state index contributed by atoms with van der Waals surface area (Å²) in [5, 5.41) is 0. The van der Waals surface area contributed by atoms with Crippen molar-refractivity contribution in [1.29, 1.82) is 0 Å².